The average molecular weight is 234 g/mol. The van der Waals surface area contributed by atoms with Crippen molar-refractivity contribution in [1.82, 2.24) is 5.32 Å². The number of nitrogens with one attached hydrogen (secondary N) is 1. The van der Waals surface area contributed by atoms with Crippen LogP contribution in [-0.4, -0.2) is 26.0 Å². The summed E-state index contributed by atoms with van der Waals surface area (Å²) in [6.45, 7) is 7.94. The van der Waals surface area contributed by atoms with E-state index in [4.69, 9.17) is 0 Å². The van der Waals surface area contributed by atoms with Crippen LogP contribution in [0.1, 0.15) is 31.1 Å². The van der Waals surface area contributed by atoms with Crippen LogP contribution in [0.2, 0.25) is 0 Å². The van der Waals surface area contributed by atoms with Gasteiger partial charge in [-0.05, 0) is 37.1 Å². The average Bonchev–Trinajstić information content (AvgIpc) is 2.35. The second kappa shape index (κ2) is 6.28. The van der Waals surface area contributed by atoms with Crippen LogP contribution < -0.4 is 10.2 Å². The SMILES string of the molecule is CCN(C)c1ccc(C(=O)NCC(C)C)cc1. The number of hydrogen-bond donors (Lipinski definition) is 1. The molecule has 0 heterocycles. The maximum atomic E-state index is 11.8. The Morgan fingerprint density at radius 3 is 2.35 bits per heavy atom. The molecule has 1 aromatic carbocycles. The number of nitrogens with zero attached hydrogens (tertiary/aromatic N) is 1. The molecule has 3 heteroatoms. The van der Waals surface area contributed by atoms with Gasteiger partial charge in [-0.25, -0.2) is 0 Å². The van der Waals surface area contributed by atoms with Crippen LogP contribution in [0.15, 0.2) is 24.3 Å². The summed E-state index contributed by atoms with van der Waals surface area (Å²) in [4.78, 5) is 13.9. The monoisotopic (exact) mass is 234 g/mol. The third-order valence-corrected chi connectivity index (χ3v) is 2.72. The van der Waals surface area contributed by atoms with E-state index in [0.29, 0.717) is 5.92 Å². The largest absolute Gasteiger partial charge is 0.375 e. The molecular formula is C14H22N2O. The summed E-state index contributed by atoms with van der Waals surface area (Å²) in [6, 6.07) is 7.70. The third kappa shape index (κ3) is 4.10. The van der Waals surface area contributed by atoms with Crippen molar-refractivity contribution in [3.8, 4) is 0 Å². The zero-order chi connectivity index (χ0) is 12.8. The van der Waals surface area contributed by atoms with E-state index in [0.717, 1.165) is 24.3 Å². The Bertz CT molecular complexity index is 357. The van der Waals surface area contributed by atoms with Gasteiger partial charge in [0.2, 0.25) is 0 Å². The first-order valence-corrected chi connectivity index (χ1v) is 6.14. The first-order chi connectivity index (χ1) is 8.04. The molecule has 0 bridgehead atoms. The zero-order valence-corrected chi connectivity index (χ0v) is 11.2. The molecule has 94 valence electrons. The predicted octanol–water partition coefficient (Wildman–Crippen LogP) is 2.53. The minimum atomic E-state index is 0.00408. The van der Waals surface area contributed by atoms with Crippen molar-refractivity contribution in [2.45, 2.75) is 20.8 Å². The minimum Gasteiger partial charge on any atom is -0.375 e. The number of carbonyl (C=O) groups excluding carboxylic acids is 1. The second-order valence-electron chi connectivity index (χ2n) is 4.66. The number of carbonyl (C=O) groups is 1. The van der Waals surface area contributed by atoms with E-state index in [2.05, 4.69) is 31.0 Å². The van der Waals surface area contributed by atoms with Crippen molar-refractivity contribution in [1.29, 1.82) is 0 Å². The molecule has 0 saturated carbocycles. The van der Waals surface area contributed by atoms with Crippen LogP contribution in [0.25, 0.3) is 0 Å². The summed E-state index contributed by atoms with van der Waals surface area (Å²) in [5.74, 6) is 0.480. The highest BCUT2D eigenvalue weighted by molar-refractivity contribution is 5.94. The lowest BCUT2D eigenvalue weighted by Crippen LogP contribution is -2.27. The summed E-state index contributed by atoms with van der Waals surface area (Å²) >= 11 is 0. The van der Waals surface area contributed by atoms with Crippen molar-refractivity contribution in [3.05, 3.63) is 29.8 Å². The fraction of sp³-hybridized carbons (Fsp3) is 0.500. The lowest BCUT2D eigenvalue weighted by atomic mass is 10.1. The second-order valence-corrected chi connectivity index (χ2v) is 4.66. The smallest absolute Gasteiger partial charge is 0.251 e. The number of hydrogen-bond acceptors (Lipinski definition) is 2. The fourth-order valence-electron chi connectivity index (χ4n) is 1.45. The van der Waals surface area contributed by atoms with E-state index in [1.54, 1.807) is 0 Å². The van der Waals surface area contributed by atoms with Gasteiger partial charge < -0.3 is 10.2 Å². The molecule has 0 spiro atoms. The lowest BCUT2D eigenvalue weighted by Gasteiger charge is -2.16. The van der Waals surface area contributed by atoms with Gasteiger partial charge in [0.15, 0.2) is 0 Å². The Labute approximate surface area is 104 Å². The lowest BCUT2D eigenvalue weighted by molar-refractivity contribution is 0.0949. The fourth-order valence-corrected chi connectivity index (χ4v) is 1.45. The van der Waals surface area contributed by atoms with Crippen molar-refractivity contribution in [2.24, 2.45) is 5.92 Å². The highest BCUT2D eigenvalue weighted by Crippen LogP contribution is 2.13. The van der Waals surface area contributed by atoms with Crippen LogP contribution in [0.4, 0.5) is 5.69 Å². The molecule has 0 atom stereocenters. The normalized spacial score (nSPS) is 10.4. The van der Waals surface area contributed by atoms with Crippen molar-refractivity contribution in [3.63, 3.8) is 0 Å². The zero-order valence-electron chi connectivity index (χ0n) is 11.2. The highest BCUT2D eigenvalue weighted by atomic mass is 16.1. The van der Waals surface area contributed by atoms with Gasteiger partial charge in [-0.3, -0.25) is 4.79 Å². The predicted molar refractivity (Wildman–Crippen MR) is 72.6 cm³/mol. The maximum absolute atomic E-state index is 11.8. The number of benzene rings is 1. The molecule has 0 fully saturated rings. The molecular weight excluding hydrogens is 212 g/mol. The molecule has 0 unspecified atom stereocenters. The van der Waals surface area contributed by atoms with Crippen molar-refractivity contribution in [2.75, 3.05) is 25.0 Å². The Morgan fingerprint density at radius 2 is 1.88 bits per heavy atom. The summed E-state index contributed by atoms with van der Waals surface area (Å²) < 4.78 is 0. The van der Waals surface area contributed by atoms with Gasteiger partial charge in [0, 0.05) is 31.4 Å². The van der Waals surface area contributed by atoms with Crippen LogP contribution in [0.5, 0.6) is 0 Å². The van der Waals surface area contributed by atoms with Gasteiger partial charge in [-0.15, -0.1) is 0 Å². The highest BCUT2D eigenvalue weighted by Gasteiger charge is 2.06. The molecule has 0 aliphatic rings. The Hall–Kier alpha value is -1.51. The molecule has 0 radical (unpaired) electrons. The minimum absolute atomic E-state index is 0.00408. The number of amides is 1. The molecule has 1 amide bonds. The molecule has 1 aromatic rings. The number of anilines is 1. The first kappa shape index (κ1) is 13.6. The van der Waals surface area contributed by atoms with Crippen LogP contribution in [0, 0.1) is 5.92 Å². The van der Waals surface area contributed by atoms with E-state index < -0.39 is 0 Å². The molecule has 3 nitrogen and oxygen atoms in total. The van der Waals surface area contributed by atoms with E-state index in [1.807, 2.05) is 31.3 Å². The van der Waals surface area contributed by atoms with Crippen LogP contribution in [0.3, 0.4) is 0 Å². The summed E-state index contributed by atoms with van der Waals surface area (Å²) in [5, 5.41) is 2.91. The van der Waals surface area contributed by atoms with Gasteiger partial charge in [-0.2, -0.15) is 0 Å². The molecule has 0 aliphatic heterocycles. The molecule has 1 rings (SSSR count). The Morgan fingerprint density at radius 1 is 1.29 bits per heavy atom. The molecule has 0 aliphatic carbocycles. The van der Waals surface area contributed by atoms with Crippen LogP contribution >= 0.6 is 0 Å². The van der Waals surface area contributed by atoms with Gasteiger partial charge in [-0.1, -0.05) is 13.8 Å². The maximum Gasteiger partial charge on any atom is 0.251 e. The van der Waals surface area contributed by atoms with E-state index >= 15 is 0 Å². The molecule has 0 aromatic heterocycles. The third-order valence-electron chi connectivity index (χ3n) is 2.72. The van der Waals surface area contributed by atoms with Gasteiger partial charge >= 0.3 is 0 Å². The Kier molecular flexibility index (Phi) is 5.01. The van der Waals surface area contributed by atoms with Crippen LogP contribution in [-0.2, 0) is 0 Å². The van der Waals surface area contributed by atoms with E-state index in [-0.39, 0.29) is 5.91 Å². The molecule has 1 N–H and O–H groups in total. The first-order valence-electron chi connectivity index (χ1n) is 6.14. The summed E-state index contributed by atoms with van der Waals surface area (Å²) in [6.07, 6.45) is 0. The van der Waals surface area contributed by atoms with E-state index in [9.17, 15) is 4.79 Å². The van der Waals surface area contributed by atoms with E-state index in [1.165, 1.54) is 0 Å². The number of rotatable bonds is 5. The molecule has 0 saturated heterocycles. The quantitative estimate of drug-likeness (QED) is 0.849. The summed E-state index contributed by atoms with van der Waals surface area (Å²) in [5.41, 5.74) is 1.85. The van der Waals surface area contributed by atoms with Gasteiger partial charge in [0.1, 0.15) is 0 Å². The van der Waals surface area contributed by atoms with Gasteiger partial charge in [0.25, 0.3) is 5.91 Å². The standard InChI is InChI=1S/C14H22N2O/c1-5-16(4)13-8-6-12(7-9-13)14(17)15-10-11(2)3/h6-9,11H,5,10H2,1-4H3,(H,15,17). The van der Waals surface area contributed by atoms with Gasteiger partial charge in [0.05, 0.1) is 0 Å². The van der Waals surface area contributed by atoms with Crippen molar-refractivity contribution >= 4 is 11.6 Å². The summed E-state index contributed by atoms with van der Waals surface area (Å²) in [7, 11) is 2.04. The topological polar surface area (TPSA) is 32.3 Å². The Balaban J connectivity index is 2.64. The van der Waals surface area contributed by atoms with Crippen molar-refractivity contribution < 1.29 is 4.79 Å². The molecule has 17 heavy (non-hydrogen) atoms.